The maximum Gasteiger partial charge on any atom is 0.410 e. The van der Waals surface area contributed by atoms with Crippen molar-refractivity contribution >= 4 is 16.2 Å². The lowest BCUT2D eigenvalue weighted by atomic mass is 10.1. The molecule has 7 heteroatoms. The van der Waals surface area contributed by atoms with E-state index in [2.05, 4.69) is 0 Å². The van der Waals surface area contributed by atoms with Gasteiger partial charge in [0.1, 0.15) is 6.61 Å². The van der Waals surface area contributed by atoms with Gasteiger partial charge in [0, 0.05) is 19.0 Å². The third kappa shape index (κ3) is 5.30. The Kier molecular flexibility index (Phi) is 6.13. The molecular weight excluding hydrogens is 366 g/mol. The van der Waals surface area contributed by atoms with E-state index in [0.717, 1.165) is 11.1 Å². The van der Waals surface area contributed by atoms with Crippen LogP contribution in [0.3, 0.4) is 0 Å². The first-order valence-electron chi connectivity index (χ1n) is 8.86. The standard InChI is InChI=1S/C20H23NO5S/c1-16-7-9-19(10-8-16)27(23,24)26-15-18-11-12-21(13-18)20(22)25-14-17-5-3-2-4-6-17/h2-10,18H,11-15H2,1H3/t18-/m0/s1. The van der Waals surface area contributed by atoms with Gasteiger partial charge in [-0.15, -0.1) is 0 Å². The van der Waals surface area contributed by atoms with Crippen molar-refractivity contribution in [3.63, 3.8) is 0 Å². The van der Waals surface area contributed by atoms with Gasteiger partial charge in [0.25, 0.3) is 10.1 Å². The molecule has 1 amide bonds. The van der Waals surface area contributed by atoms with E-state index < -0.39 is 10.1 Å². The van der Waals surface area contributed by atoms with Crippen molar-refractivity contribution in [3.05, 3.63) is 65.7 Å². The predicted octanol–water partition coefficient (Wildman–Crippen LogP) is 3.36. The molecule has 0 radical (unpaired) electrons. The van der Waals surface area contributed by atoms with Crippen LogP contribution in [0.2, 0.25) is 0 Å². The van der Waals surface area contributed by atoms with Gasteiger partial charge in [-0.1, -0.05) is 48.0 Å². The Morgan fingerprint density at radius 3 is 2.52 bits per heavy atom. The SMILES string of the molecule is Cc1ccc(S(=O)(=O)OC[C@H]2CCN(C(=O)OCc3ccccc3)C2)cc1. The van der Waals surface area contributed by atoms with Crippen LogP contribution < -0.4 is 0 Å². The van der Waals surface area contributed by atoms with Gasteiger partial charge in [0.05, 0.1) is 11.5 Å². The highest BCUT2D eigenvalue weighted by Crippen LogP contribution is 2.21. The summed E-state index contributed by atoms with van der Waals surface area (Å²) in [4.78, 5) is 13.9. The molecule has 27 heavy (non-hydrogen) atoms. The highest BCUT2D eigenvalue weighted by atomic mass is 32.2. The average molecular weight is 389 g/mol. The number of amides is 1. The van der Waals surface area contributed by atoms with Crippen molar-refractivity contribution in [1.82, 2.24) is 4.90 Å². The first-order valence-corrected chi connectivity index (χ1v) is 10.3. The number of nitrogens with zero attached hydrogens (tertiary/aromatic N) is 1. The second kappa shape index (κ2) is 8.54. The molecule has 144 valence electrons. The molecule has 0 saturated carbocycles. The van der Waals surface area contributed by atoms with Crippen LogP contribution in [-0.4, -0.2) is 39.1 Å². The smallest absolute Gasteiger partial charge is 0.410 e. The molecule has 3 rings (SSSR count). The van der Waals surface area contributed by atoms with Crippen LogP contribution in [0.25, 0.3) is 0 Å². The number of ether oxygens (including phenoxy) is 1. The lowest BCUT2D eigenvalue weighted by Crippen LogP contribution is -2.30. The van der Waals surface area contributed by atoms with Gasteiger partial charge in [0.15, 0.2) is 0 Å². The predicted molar refractivity (Wildman–Crippen MR) is 101 cm³/mol. The van der Waals surface area contributed by atoms with E-state index in [-0.39, 0.29) is 30.1 Å². The summed E-state index contributed by atoms with van der Waals surface area (Å²) in [6.07, 6.45) is 0.298. The highest BCUT2D eigenvalue weighted by molar-refractivity contribution is 7.86. The minimum absolute atomic E-state index is 0.0329. The molecular formula is C20H23NO5S. The van der Waals surface area contributed by atoms with E-state index in [1.54, 1.807) is 17.0 Å². The van der Waals surface area contributed by atoms with Crippen molar-refractivity contribution in [3.8, 4) is 0 Å². The van der Waals surface area contributed by atoms with E-state index in [1.165, 1.54) is 12.1 Å². The summed E-state index contributed by atoms with van der Waals surface area (Å²) in [5, 5.41) is 0. The Morgan fingerprint density at radius 1 is 1.11 bits per heavy atom. The average Bonchev–Trinajstić information content (AvgIpc) is 3.15. The molecule has 0 spiro atoms. The third-order valence-electron chi connectivity index (χ3n) is 4.52. The molecule has 6 nitrogen and oxygen atoms in total. The Bertz CT molecular complexity index is 865. The minimum atomic E-state index is -3.78. The number of rotatable bonds is 6. The van der Waals surface area contributed by atoms with Crippen LogP contribution in [-0.2, 0) is 25.6 Å². The molecule has 1 heterocycles. The molecule has 0 unspecified atom stereocenters. The number of aryl methyl sites for hydroxylation is 1. The summed E-state index contributed by atoms with van der Waals surface area (Å²) in [6, 6.07) is 16.0. The van der Waals surface area contributed by atoms with E-state index in [1.807, 2.05) is 37.3 Å². The largest absolute Gasteiger partial charge is 0.445 e. The zero-order valence-corrected chi connectivity index (χ0v) is 16.0. The molecule has 0 aliphatic carbocycles. The summed E-state index contributed by atoms with van der Waals surface area (Å²) >= 11 is 0. The molecule has 1 aliphatic rings. The van der Waals surface area contributed by atoms with Crippen LogP contribution in [0.1, 0.15) is 17.5 Å². The number of carbonyl (C=O) groups is 1. The van der Waals surface area contributed by atoms with Crippen molar-refractivity contribution in [2.24, 2.45) is 5.92 Å². The van der Waals surface area contributed by atoms with E-state index in [4.69, 9.17) is 8.92 Å². The maximum atomic E-state index is 12.2. The summed E-state index contributed by atoms with van der Waals surface area (Å²) < 4.78 is 35.0. The van der Waals surface area contributed by atoms with Gasteiger partial charge in [0.2, 0.25) is 0 Å². The zero-order chi connectivity index (χ0) is 19.3. The normalized spacial score (nSPS) is 17.1. The fourth-order valence-corrected chi connectivity index (χ4v) is 3.88. The monoisotopic (exact) mass is 389 g/mol. The summed E-state index contributed by atoms with van der Waals surface area (Å²) in [6.45, 7) is 3.13. The molecule has 2 aromatic carbocycles. The lowest BCUT2D eigenvalue weighted by molar-refractivity contribution is 0.102. The minimum Gasteiger partial charge on any atom is -0.445 e. The second-order valence-electron chi connectivity index (χ2n) is 6.69. The van der Waals surface area contributed by atoms with Crippen molar-refractivity contribution in [2.45, 2.75) is 24.8 Å². The molecule has 0 N–H and O–H groups in total. The third-order valence-corrected chi connectivity index (χ3v) is 5.81. The van der Waals surface area contributed by atoms with E-state index in [9.17, 15) is 13.2 Å². The summed E-state index contributed by atoms with van der Waals surface area (Å²) in [5.74, 6) is -0.0329. The Labute approximate surface area is 159 Å². The summed E-state index contributed by atoms with van der Waals surface area (Å²) in [5.41, 5.74) is 1.91. The molecule has 1 atom stereocenters. The molecule has 1 aliphatic heterocycles. The highest BCUT2D eigenvalue weighted by Gasteiger charge is 2.29. The first kappa shape index (κ1) is 19.4. The number of likely N-dealkylation sites (tertiary alicyclic amines) is 1. The van der Waals surface area contributed by atoms with Crippen LogP contribution in [0.15, 0.2) is 59.5 Å². The van der Waals surface area contributed by atoms with Crippen LogP contribution in [0.4, 0.5) is 4.79 Å². The van der Waals surface area contributed by atoms with Gasteiger partial charge in [-0.3, -0.25) is 4.18 Å². The molecule has 2 aromatic rings. The van der Waals surface area contributed by atoms with Crippen LogP contribution in [0.5, 0.6) is 0 Å². The fourth-order valence-electron chi connectivity index (χ4n) is 2.90. The molecule has 0 aromatic heterocycles. The molecule has 1 saturated heterocycles. The Morgan fingerprint density at radius 2 is 1.81 bits per heavy atom. The quantitative estimate of drug-likeness (QED) is 0.709. The van der Waals surface area contributed by atoms with Crippen molar-refractivity contribution in [2.75, 3.05) is 19.7 Å². The first-order chi connectivity index (χ1) is 12.9. The van der Waals surface area contributed by atoms with Gasteiger partial charge in [-0.05, 0) is 31.0 Å². The van der Waals surface area contributed by atoms with Gasteiger partial charge < -0.3 is 9.64 Å². The van der Waals surface area contributed by atoms with E-state index >= 15 is 0 Å². The maximum absolute atomic E-state index is 12.2. The van der Waals surface area contributed by atoms with E-state index in [0.29, 0.717) is 19.5 Å². The van der Waals surface area contributed by atoms with Gasteiger partial charge in [-0.25, -0.2) is 4.79 Å². The van der Waals surface area contributed by atoms with Crippen LogP contribution >= 0.6 is 0 Å². The zero-order valence-electron chi connectivity index (χ0n) is 15.2. The summed E-state index contributed by atoms with van der Waals surface area (Å²) in [7, 11) is -3.78. The number of benzene rings is 2. The van der Waals surface area contributed by atoms with Crippen molar-refractivity contribution < 1.29 is 22.1 Å². The Balaban J connectivity index is 1.46. The number of carbonyl (C=O) groups excluding carboxylic acids is 1. The fraction of sp³-hybridized carbons (Fsp3) is 0.350. The molecule has 0 bridgehead atoms. The van der Waals surface area contributed by atoms with Gasteiger partial charge in [-0.2, -0.15) is 8.42 Å². The molecule has 1 fully saturated rings. The van der Waals surface area contributed by atoms with Gasteiger partial charge >= 0.3 is 6.09 Å². The van der Waals surface area contributed by atoms with Crippen molar-refractivity contribution in [1.29, 1.82) is 0 Å². The lowest BCUT2D eigenvalue weighted by Gasteiger charge is -2.16. The second-order valence-corrected chi connectivity index (χ2v) is 8.31. The topological polar surface area (TPSA) is 72.9 Å². The number of hydrogen-bond donors (Lipinski definition) is 0. The Hall–Kier alpha value is -2.38. The number of hydrogen-bond acceptors (Lipinski definition) is 5. The van der Waals surface area contributed by atoms with Crippen LogP contribution in [0, 0.1) is 12.8 Å².